The lowest BCUT2D eigenvalue weighted by Crippen LogP contribution is -2.27. The highest BCUT2D eigenvalue weighted by Crippen LogP contribution is 2.34. The van der Waals surface area contributed by atoms with Gasteiger partial charge in [0, 0.05) is 17.0 Å². The van der Waals surface area contributed by atoms with E-state index in [1.54, 1.807) is 36.4 Å². The molecule has 0 unspecified atom stereocenters. The predicted molar refractivity (Wildman–Crippen MR) is 168 cm³/mol. The summed E-state index contributed by atoms with van der Waals surface area (Å²) in [5.74, 6) is -2.02. The molecular formula is C37H47F3O3. The van der Waals surface area contributed by atoms with E-state index in [0.29, 0.717) is 42.4 Å². The normalized spacial score (nSPS) is 16.9. The maximum Gasteiger partial charge on any atom is 0.201 e. The average molecular weight is 597 g/mol. The number of hydrogen-bond acceptors (Lipinski definition) is 3. The molecule has 3 aromatic carbocycles. The summed E-state index contributed by atoms with van der Waals surface area (Å²) in [5.41, 5.74) is 2.52. The minimum atomic E-state index is -0.976. The van der Waals surface area contributed by atoms with Gasteiger partial charge in [0.1, 0.15) is 5.82 Å². The van der Waals surface area contributed by atoms with Gasteiger partial charge in [-0.3, -0.25) is 0 Å². The molecule has 0 amide bonds. The van der Waals surface area contributed by atoms with Gasteiger partial charge >= 0.3 is 0 Å². The van der Waals surface area contributed by atoms with Crippen molar-refractivity contribution >= 4 is 0 Å². The van der Waals surface area contributed by atoms with Crippen LogP contribution in [0.4, 0.5) is 13.2 Å². The number of ether oxygens (including phenoxy) is 3. The SMILES string of the molecule is CCCCCCCCOc1ccc(-c2ccc(-c3ccc(C4OCC(CCCCCCC)CO4)c(F)c3)cc2)c(F)c1F. The minimum absolute atomic E-state index is 0.0640. The van der Waals surface area contributed by atoms with Crippen molar-refractivity contribution in [1.82, 2.24) is 0 Å². The monoisotopic (exact) mass is 596 g/mol. The van der Waals surface area contributed by atoms with E-state index in [9.17, 15) is 8.78 Å². The summed E-state index contributed by atoms with van der Waals surface area (Å²) in [4.78, 5) is 0. The minimum Gasteiger partial charge on any atom is -0.490 e. The summed E-state index contributed by atoms with van der Waals surface area (Å²) in [5, 5.41) is 0. The average Bonchev–Trinajstić information content (AvgIpc) is 3.03. The molecule has 0 saturated carbocycles. The number of halogens is 3. The van der Waals surface area contributed by atoms with Crippen LogP contribution in [-0.2, 0) is 9.47 Å². The molecule has 0 radical (unpaired) electrons. The van der Waals surface area contributed by atoms with E-state index in [1.165, 1.54) is 63.5 Å². The molecule has 234 valence electrons. The van der Waals surface area contributed by atoms with Crippen LogP contribution in [0.15, 0.2) is 54.6 Å². The van der Waals surface area contributed by atoms with Crippen molar-refractivity contribution < 1.29 is 27.4 Å². The van der Waals surface area contributed by atoms with Crippen molar-refractivity contribution in [3.05, 3.63) is 77.6 Å². The zero-order valence-electron chi connectivity index (χ0n) is 25.8. The van der Waals surface area contributed by atoms with E-state index in [0.717, 1.165) is 31.2 Å². The number of rotatable bonds is 17. The number of hydrogen-bond donors (Lipinski definition) is 0. The van der Waals surface area contributed by atoms with Crippen LogP contribution in [0.5, 0.6) is 5.75 Å². The molecule has 1 heterocycles. The third-order valence-electron chi connectivity index (χ3n) is 8.27. The lowest BCUT2D eigenvalue weighted by Gasteiger charge is -2.30. The molecule has 6 heteroatoms. The van der Waals surface area contributed by atoms with E-state index in [2.05, 4.69) is 13.8 Å². The Balaban J connectivity index is 1.31. The van der Waals surface area contributed by atoms with Crippen LogP contribution in [0.2, 0.25) is 0 Å². The highest BCUT2D eigenvalue weighted by Gasteiger charge is 2.26. The van der Waals surface area contributed by atoms with Gasteiger partial charge in [0.25, 0.3) is 0 Å². The van der Waals surface area contributed by atoms with Gasteiger partial charge in [-0.15, -0.1) is 0 Å². The highest BCUT2D eigenvalue weighted by atomic mass is 19.2. The molecule has 43 heavy (non-hydrogen) atoms. The van der Waals surface area contributed by atoms with E-state index in [4.69, 9.17) is 14.2 Å². The van der Waals surface area contributed by atoms with Gasteiger partial charge in [0.2, 0.25) is 5.82 Å². The largest absolute Gasteiger partial charge is 0.490 e. The van der Waals surface area contributed by atoms with Gasteiger partial charge in [-0.2, -0.15) is 4.39 Å². The van der Waals surface area contributed by atoms with E-state index < -0.39 is 23.7 Å². The molecule has 0 aliphatic carbocycles. The van der Waals surface area contributed by atoms with Crippen LogP contribution < -0.4 is 4.74 Å². The van der Waals surface area contributed by atoms with Crippen molar-refractivity contribution in [2.75, 3.05) is 19.8 Å². The Morgan fingerprint density at radius 2 is 1.26 bits per heavy atom. The zero-order valence-corrected chi connectivity index (χ0v) is 25.8. The molecule has 1 aliphatic heterocycles. The molecule has 0 aromatic heterocycles. The van der Waals surface area contributed by atoms with E-state index in [1.807, 2.05) is 6.07 Å². The summed E-state index contributed by atoms with van der Waals surface area (Å²) in [6.45, 7) is 5.90. The molecule has 0 N–H and O–H groups in total. The predicted octanol–water partition coefficient (Wildman–Crippen LogP) is 11.2. The van der Waals surface area contributed by atoms with E-state index >= 15 is 4.39 Å². The van der Waals surface area contributed by atoms with Crippen molar-refractivity contribution in [3.63, 3.8) is 0 Å². The molecule has 0 bridgehead atoms. The van der Waals surface area contributed by atoms with Crippen LogP contribution in [0.1, 0.15) is 103 Å². The van der Waals surface area contributed by atoms with Crippen molar-refractivity contribution in [2.24, 2.45) is 5.92 Å². The van der Waals surface area contributed by atoms with E-state index in [-0.39, 0.29) is 11.3 Å². The molecule has 1 aliphatic rings. The first kappa shape index (κ1) is 33.1. The Kier molecular flexibility index (Phi) is 13.4. The summed E-state index contributed by atoms with van der Waals surface area (Å²) in [6, 6.07) is 15.0. The molecule has 3 aromatic rings. The van der Waals surface area contributed by atoms with Gasteiger partial charge in [-0.05, 0) is 47.7 Å². The maximum atomic E-state index is 15.1. The highest BCUT2D eigenvalue weighted by molar-refractivity contribution is 5.71. The lowest BCUT2D eigenvalue weighted by molar-refractivity contribution is -0.207. The smallest absolute Gasteiger partial charge is 0.201 e. The molecule has 4 rings (SSSR count). The van der Waals surface area contributed by atoms with Gasteiger partial charge in [-0.25, -0.2) is 8.78 Å². The third kappa shape index (κ3) is 9.58. The Morgan fingerprint density at radius 1 is 0.651 bits per heavy atom. The van der Waals surface area contributed by atoms with Crippen molar-refractivity contribution in [2.45, 2.75) is 97.2 Å². The van der Waals surface area contributed by atoms with Crippen LogP contribution in [0, 0.1) is 23.4 Å². The van der Waals surface area contributed by atoms with Crippen LogP contribution >= 0.6 is 0 Å². The summed E-state index contributed by atoms with van der Waals surface area (Å²) in [6.07, 6.45) is 13.1. The summed E-state index contributed by atoms with van der Waals surface area (Å²) >= 11 is 0. The first-order valence-corrected chi connectivity index (χ1v) is 16.3. The summed E-state index contributed by atoms with van der Waals surface area (Å²) in [7, 11) is 0. The molecule has 1 fully saturated rings. The van der Waals surface area contributed by atoms with Gasteiger partial charge < -0.3 is 14.2 Å². The fourth-order valence-electron chi connectivity index (χ4n) is 5.60. The zero-order chi connectivity index (χ0) is 30.4. The Bertz CT molecular complexity index is 1250. The Morgan fingerprint density at radius 3 is 1.93 bits per heavy atom. The second kappa shape index (κ2) is 17.5. The van der Waals surface area contributed by atoms with Crippen molar-refractivity contribution in [1.29, 1.82) is 0 Å². The molecule has 1 saturated heterocycles. The van der Waals surface area contributed by atoms with Gasteiger partial charge in [-0.1, -0.05) is 114 Å². The van der Waals surface area contributed by atoms with Crippen LogP contribution in [-0.4, -0.2) is 19.8 Å². The molecule has 3 nitrogen and oxygen atoms in total. The number of unbranched alkanes of at least 4 members (excludes halogenated alkanes) is 9. The topological polar surface area (TPSA) is 27.7 Å². The molecule has 0 atom stereocenters. The van der Waals surface area contributed by atoms with Crippen molar-refractivity contribution in [3.8, 4) is 28.0 Å². The van der Waals surface area contributed by atoms with Crippen LogP contribution in [0.25, 0.3) is 22.3 Å². The Labute approximate surface area is 255 Å². The maximum absolute atomic E-state index is 15.1. The summed E-state index contributed by atoms with van der Waals surface area (Å²) < 4.78 is 62.1. The van der Waals surface area contributed by atoms with Gasteiger partial charge in [0.15, 0.2) is 17.9 Å². The quantitative estimate of drug-likeness (QED) is 0.145. The standard InChI is InChI=1S/C37H47F3O3/c1-3-5-7-9-11-13-23-41-34-22-21-31(35(39)36(34)40)29-17-15-28(16-18-29)30-19-20-32(33(38)24-30)37-42-25-27(26-43-37)14-12-10-8-6-4-2/h15-22,24,27,37H,3-14,23,25-26H2,1-2H3. The fraction of sp³-hybridized carbons (Fsp3) is 0.514. The first-order valence-electron chi connectivity index (χ1n) is 16.3. The fourth-order valence-corrected chi connectivity index (χ4v) is 5.60. The second-order valence-electron chi connectivity index (χ2n) is 11.7. The van der Waals surface area contributed by atoms with Crippen LogP contribution in [0.3, 0.4) is 0 Å². The first-order chi connectivity index (χ1) is 21.0. The third-order valence-corrected chi connectivity index (χ3v) is 8.27. The molecular weight excluding hydrogens is 549 g/mol. The van der Waals surface area contributed by atoms with Gasteiger partial charge in [0.05, 0.1) is 19.8 Å². The molecule has 0 spiro atoms. The Hall–Kier alpha value is -2.83. The number of benzene rings is 3. The lowest BCUT2D eigenvalue weighted by atomic mass is 9.98. The second-order valence-corrected chi connectivity index (χ2v) is 11.7.